The van der Waals surface area contributed by atoms with Gasteiger partial charge in [0.15, 0.2) is 0 Å². The van der Waals surface area contributed by atoms with Gasteiger partial charge in [0, 0.05) is 12.7 Å². The van der Waals surface area contributed by atoms with Gasteiger partial charge in [-0.15, -0.1) is 0 Å². The maximum atomic E-state index is 10.5. The quantitative estimate of drug-likeness (QED) is 0.643. The van der Waals surface area contributed by atoms with Gasteiger partial charge in [0.05, 0.1) is 12.0 Å². The molecule has 0 unspecified atom stereocenters. The van der Waals surface area contributed by atoms with Crippen LogP contribution in [0.3, 0.4) is 0 Å². The van der Waals surface area contributed by atoms with Gasteiger partial charge in [-0.1, -0.05) is 6.92 Å². The number of primary amides is 1. The van der Waals surface area contributed by atoms with Crippen molar-refractivity contribution in [3.63, 3.8) is 0 Å². The predicted octanol–water partition coefficient (Wildman–Crippen LogP) is -0.522. The Hall–Kier alpha value is -1.36. The van der Waals surface area contributed by atoms with E-state index in [0.29, 0.717) is 0 Å². The molecule has 0 saturated heterocycles. The Morgan fingerprint density at radius 1 is 1.77 bits per heavy atom. The normalized spacial score (nSPS) is 10.2. The standard InChI is InChI=1S/C8H14N4O/c1-2-10-3-7-4-12(6-11-7)5-8(9)13/h4,6,10H,2-3,5H2,1H3,(H2,9,13). The average molecular weight is 182 g/mol. The zero-order valence-electron chi connectivity index (χ0n) is 7.66. The van der Waals surface area contributed by atoms with Gasteiger partial charge in [-0.05, 0) is 6.54 Å². The first-order chi connectivity index (χ1) is 6.22. The SMILES string of the molecule is CCNCc1cn(CC(N)=O)cn1. The maximum Gasteiger partial charge on any atom is 0.237 e. The van der Waals surface area contributed by atoms with Crippen molar-refractivity contribution in [3.8, 4) is 0 Å². The van der Waals surface area contributed by atoms with Gasteiger partial charge in [0.25, 0.3) is 0 Å². The topological polar surface area (TPSA) is 72.9 Å². The van der Waals surface area contributed by atoms with Crippen molar-refractivity contribution >= 4 is 5.91 Å². The zero-order valence-corrected chi connectivity index (χ0v) is 7.66. The molecule has 0 fully saturated rings. The summed E-state index contributed by atoms with van der Waals surface area (Å²) < 4.78 is 1.68. The molecule has 0 saturated carbocycles. The molecule has 1 aromatic rings. The van der Waals surface area contributed by atoms with Crippen LogP contribution in [0.25, 0.3) is 0 Å². The van der Waals surface area contributed by atoms with Crippen molar-refractivity contribution in [2.24, 2.45) is 5.73 Å². The summed E-state index contributed by atoms with van der Waals surface area (Å²) in [7, 11) is 0. The van der Waals surface area contributed by atoms with E-state index in [1.807, 2.05) is 13.1 Å². The average Bonchev–Trinajstić information content (AvgIpc) is 2.48. The second-order valence-electron chi connectivity index (χ2n) is 2.78. The molecule has 5 heteroatoms. The molecular formula is C8H14N4O. The fourth-order valence-electron chi connectivity index (χ4n) is 1.02. The highest BCUT2D eigenvalue weighted by atomic mass is 16.1. The minimum absolute atomic E-state index is 0.194. The lowest BCUT2D eigenvalue weighted by Gasteiger charge is -1.96. The Bertz CT molecular complexity index is 281. The lowest BCUT2D eigenvalue weighted by atomic mass is 10.4. The summed E-state index contributed by atoms with van der Waals surface area (Å²) in [5, 5.41) is 3.14. The third-order valence-corrected chi connectivity index (χ3v) is 1.58. The smallest absolute Gasteiger partial charge is 0.237 e. The van der Waals surface area contributed by atoms with Crippen molar-refractivity contribution < 1.29 is 4.79 Å². The summed E-state index contributed by atoms with van der Waals surface area (Å²) in [5.41, 5.74) is 5.95. The number of amides is 1. The molecule has 1 heterocycles. The molecule has 5 nitrogen and oxygen atoms in total. The molecule has 0 atom stereocenters. The molecule has 0 aliphatic rings. The van der Waals surface area contributed by atoms with E-state index in [1.54, 1.807) is 10.9 Å². The first kappa shape index (κ1) is 9.73. The number of carbonyl (C=O) groups is 1. The fourth-order valence-corrected chi connectivity index (χ4v) is 1.02. The second kappa shape index (κ2) is 4.61. The van der Waals surface area contributed by atoms with E-state index in [-0.39, 0.29) is 12.5 Å². The van der Waals surface area contributed by atoms with E-state index in [0.717, 1.165) is 18.8 Å². The minimum atomic E-state index is -0.354. The van der Waals surface area contributed by atoms with E-state index in [2.05, 4.69) is 10.3 Å². The third kappa shape index (κ3) is 3.25. The minimum Gasteiger partial charge on any atom is -0.368 e. The van der Waals surface area contributed by atoms with E-state index in [9.17, 15) is 4.79 Å². The van der Waals surface area contributed by atoms with Crippen LogP contribution in [0.5, 0.6) is 0 Å². The predicted molar refractivity (Wildman–Crippen MR) is 48.8 cm³/mol. The van der Waals surface area contributed by atoms with Crippen LogP contribution in [-0.2, 0) is 17.9 Å². The van der Waals surface area contributed by atoms with Crippen LogP contribution in [0.4, 0.5) is 0 Å². The summed E-state index contributed by atoms with van der Waals surface area (Å²) >= 11 is 0. The molecule has 1 rings (SSSR count). The van der Waals surface area contributed by atoms with Crippen LogP contribution < -0.4 is 11.1 Å². The van der Waals surface area contributed by atoms with Crippen LogP contribution in [0.15, 0.2) is 12.5 Å². The Morgan fingerprint density at radius 2 is 2.54 bits per heavy atom. The van der Waals surface area contributed by atoms with Crippen molar-refractivity contribution in [1.82, 2.24) is 14.9 Å². The van der Waals surface area contributed by atoms with Gasteiger partial charge in [-0.2, -0.15) is 0 Å². The Morgan fingerprint density at radius 3 is 3.15 bits per heavy atom. The summed E-state index contributed by atoms with van der Waals surface area (Å²) in [6.45, 7) is 3.85. The molecule has 0 aliphatic carbocycles. The summed E-state index contributed by atoms with van der Waals surface area (Å²) in [5.74, 6) is -0.354. The van der Waals surface area contributed by atoms with Crippen molar-refractivity contribution in [3.05, 3.63) is 18.2 Å². The first-order valence-corrected chi connectivity index (χ1v) is 4.22. The van der Waals surface area contributed by atoms with Gasteiger partial charge >= 0.3 is 0 Å². The molecule has 13 heavy (non-hydrogen) atoms. The van der Waals surface area contributed by atoms with E-state index in [4.69, 9.17) is 5.73 Å². The van der Waals surface area contributed by atoms with Gasteiger partial charge in [-0.3, -0.25) is 4.79 Å². The Labute approximate surface area is 76.9 Å². The first-order valence-electron chi connectivity index (χ1n) is 4.22. The summed E-state index contributed by atoms with van der Waals surface area (Å²) in [6.07, 6.45) is 3.42. The summed E-state index contributed by atoms with van der Waals surface area (Å²) in [4.78, 5) is 14.6. The van der Waals surface area contributed by atoms with Gasteiger partial charge in [-0.25, -0.2) is 4.98 Å². The number of nitrogens with one attached hydrogen (secondary N) is 1. The third-order valence-electron chi connectivity index (χ3n) is 1.58. The lowest BCUT2D eigenvalue weighted by molar-refractivity contribution is -0.118. The van der Waals surface area contributed by atoms with Crippen molar-refractivity contribution in [2.45, 2.75) is 20.0 Å². The number of imidazole rings is 1. The number of hydrogen-bond donors (Lipinski definition) is 2. The molecule has 3 N–H and O–H groups in total. The van der Waals surface area contributed by atoms with Gasteiger partial charge in [0.1, 0.15) is 6.54 Å². The number of carbonyl (C=O) groups excluding carboxylic acids is 1. The van der Waals surface area contributed by atoms with Crippen molar-refractivity contribution in [2.75, 3.05) is 6.54 Å². The molecule has 0 bridgehead atoms. The number of nitrogens with zero attached hydrogens (tertiary/aromatic N) is 2. The fraction of sp³-hybridized carbons (Fsp3) is 0.500. The largest absolute Gasteiger partial charge is 0.368 e. The van der Waals surface area contributed by atoms with Crippen LogP contribution >= 0.6 is 0 Å². The molecule has 0 spiro atoms. The van der Waals surface area contributed by atoms with Crippen LogP contribution in [-0.4, -0.2) is 22.0 Å². The molecule has 72 valence electrons. The molecule has 0 radical (unpaired) electrons. The lowest BCUT2D eigenvalue weighted by Crippen LogP contribution is -2.17. The number of hydrogen-bond acceptors (Lipinski definition) is 3. The maximum absolute atomic E-state index is 10.5. The number of rotatable bonds is 5. The van der Waals surface area contributed by atoms with Crippen molar-refractivity contribution in [1.29, 1.82) is 0 Å². The van der Waals surface area contributed by atoms with Crippen LogP contribution in [0.1, 0.15) is 12.6 Å². The summed E-state index contributed by atoms with van der Waals surface area (Å²) in [6, 6.07) is 0. The van der Waals surface area contributed by atoms with E-state index >= 15 is 0 Å². The molecular weight excluding hydrogens is 168 g/mol. The highest BCUT2D eigenvalue weighted by Gasteiger charge is 1.99. The molecule has 1 amide bonds. The highest BCUT2D eigenvalue weighted by Crippen LogP contribution is 1.94. The Kier molecular flexibility index (Phi) is 3.45. The molecule has 1 aromatic heterocycles. The van der Waals surface area contributed by atoms with Gasteiger partial charge < -0.3 is 15.6 Å². The van der Waals surface area contributed by atoms with Crippen LogP contribution in [0, 0.1) is 0 Å². The number of aromatic nitrogens is 2. The highest BCUT2D eigenvalue weighted by molar-refractivity contribution is 5.73. The second-order valence-corrected chi connectivity index (χ2v) is 2.78. The zero-order chi connectivity index (χ0) is 9.68. The van der Waals surface area contributed by atoms with Crippen LogP contribution in [0.2, 0.25) is 0 Å². The Balaban J connectivity index is 2.48. The monoisotopic (exact) mass is 182 g/mol. The van der Waals surface area contributed by atoms with Gasteiger partial charge in [0.2, 0.25) is 5.91 Å². The molecule has 0 aliphatic heterocycles. The van der Waals surface area contributed by atoms with E-state index < -0.39 is 0 Å². The number of nitrogens with two attached hydrogens (primary N) is 1. The van der Waals surface area contributed by atoms with E-state index in [1.165, 1.54) is 0 Å². The molecule has 0 aromatic carbocycles.